The van der Waals surface area contributed by atoms with Gasteiger partial charge in [-0.25, -0.2) is 0 Å². The number of benzene rings is 2. The molecule has 3 aromatic heterocycles. The fourth-order valence-electron chi connectivity index (χ4n) is 3.38. The Morgan fingerprint density at radius 2 is 1.74 bits per heavy atom. The van der Waals surface area contributed by atoms with E-state index in [0.717, 1.165) is 33.3 Å². The molecule has 5 rings (SSSR count). The Kier molecular flexibility index (Phi) is 3.43. The summed E-state index contributed by atoms with van der Waals surface area (Å²) in [6.07, 6.45) is 1.64. The van der Waals surface area contributed by atoms with E-state index in [4.69, 9.17) is 4.42 Å². The van der Waals surface area contributed by atoms with Crippen LogP contribution in [0.25, 0.3) is 38.9 Å². The maximum absolute atomic E-state index is 13.1. The van der Waals surface area contributed by atoms with Crippen molar-refractivity contribution < 1.29 is 4.42 Å². The first-order valence-corrected chi connectivity index (χ1v) is 8.78. The van der Waals surface area contributed by atoms with E-state index in [-0.39, 0.29) is 5.56 Å². The molecule has 6 heteroatoms. The SMILES string of the molecule is CCn1c(=O)c(-n2nc3ccccc3n2)cc2ccc(-c3ccco3)cc21. The quantitative estimate of drug-likeness (QED) is 0.490. The Labute approximate surface area is 154 Å². The lowest BCUT2D eigenvalue weighted by Gasteiger charge is -2.11. The molecule has 0 atom stereocenters. The molecule has 0 unspecified atom stereocenters. The van der Waals surface area contributed by atoms with Gasteiger partial charge < -0.3 is 8.98 Å². The molecule has 3 heterocycles. The normalized spacial score (nSPS) is 11.4. The van der Waals surface area contributed by atoms with Crippen LogP contribution in [0.4, 0.5) is 0 Å². The van der Waals surface area contributed by atoms with Crippen LogP contribution in [0.15, 0.2) is 76.1 Å². The van der Waals surface area contributed by atoms with E-state index in [1.807, 2.05) is 67.6 Å². The van der Waals surface area contributed by atoms with Crippen LogP contribution in [0.3, 0.4) is 0 Å². The summed E-state index contributed by atoms with van der Waals surface area (Å²) in [5.74, 6) is 0.774. The van der Waals surface area contributed by atoms with Gasteiger partial charge in [-0.2, -0.15) is 0 Å². The zero-order valence-electron chi connectivity index (χ0n) is 14.7. The van der Waals surface area contributed by atoms with Crippen molar-refractivity contribution in [2.75, 3.05) is 0 Å². The Morgan fingerprint density at radius 3 is 2.41 bits per heavy atom. The fraction of sp³-hybridized carbons (Fsp3) is 0.0952. The summed E-state index contributed by atoms with van der Waals surface area (Å²) in [5.41, 5.74) is 3.62. The summed E-state index contributed by atoms with van der Waals surface area (Å²) >= 11 is 0. The van der Waals surface area contributed by atoms with Crippen molar-refractivity contribution in [3.63, 3.8) is 0 Å². The lowest BCUT2D eigenvalue weighted by molar-refractivity contribution is 0.582. The van der Waals surface area contributed by atoms with Crippen molar-refractivity contribution in [1.82, 2.24) is 19.6 Å². The van der Waals surface area contributed by atoms with Gasteiger partial charge in [-0.05, 0) is 43.3 Å². The van der Waals surface area contributed by atoms with Gasteiger partial charge in [0.1, 0.15) is 16.8 Å². The molecule has 0 spiro atoms. The van der Waals surface area contributed by atoms with Crippen LogP contribution < -0.4 is 5.56 Å². The van der Waals surface area contributed by atoms with Crippen LogP contribution >= 0.6 is 0 Å². The van der Waals surface area contributed by atoms with Gasteiger partial charge in [-0.3, -0.25) is 4.79 Å². The monoisotopic (exact) mass is 356 g/mol. The molecule has 0 aliphatic heterocycles. The molecule has 132 valence electrons. The fourth-order valence-corrected chi connectivity index (χ4v) is 3.38. The van der Waals surface area contributed by atoms with Gasteiger partial charge in [-0.1, -0.05) is 24.3 Å². The predicted octanol–water partition coefficient (Wildman–Crippen LogP) is 4.02. The standard InChI is InChI=1S/C21H16N4O2/c1-2-24-18-13-15(20-8-5-11-27-20)10-9-14(18)12-19(21(24)26)25-22-16-6-3-4-7-17(16)23-25/h3-13H,2H2,1H3. The number of furan rings is 1. The van der Waals surface area contributed by atoms with Gasteiger partial charge in [0, 0.05) is 17.5 Å². The van der Waals surface area contributed by atoms with E-state index in [9.17, 15) is 4.79 Å². The first-order valence-electron chi connectivity index (χ1n) is 8.78. The summed E-state index contributed by atoms with van der Waals surface area (Å²) in [6.45, 7) is 2.50. The summed E-state index contributed by atoms with van der Waals surface area (Å²) in [7, 11) is 0. The largest absolute Gasteiger partial charge is 0.464 e. The molecule has 6 nitrogen and oxygen atoms in total. The lowest BCUT2D eigenvalue weighted by Crippen LogP contribution is -2.25. The lowest BCUT2D eigenvalue weighted by atomic mass is 10.1. The molecule has 0 aliphatic rings. The second-order valence-electron chi connectivity index (χ2n) is 6.31. The second-order valence-corrected chi connectivity index (χ2v) is 6.31. The van der Waals surface area contributed by atoms with Crippen LogP contribution in [0, 0.1) is 0 Å². The third-order valence-electron chi connectivity index (χ3n) is 4.70. The molecular weight excluding hydrogens is 340 g/mol. The second kappa shape index (κ2) is 5.95. The number of aryl methyl sites for hydroxylation is 1. The Balaban J connectivity index is 1.76. The van der Waals surface area contributed by atoms with E-state index in [2.05, 4.69) is 10.2 Å². The molecule has 2 aromatic carbocycles. The van der Waals surface area contributed by atoms with Crippen molar-refractivity contribution in [2.45, 2.75) is 13.5 Å². The zero-order chi connectivity index (χ0) is 18.4. The van der Waals surface area contributed by atoms with E-state index in [0.29, 0.717) is 12.2 Å². The van der Waals surface area contributed by atoms with Gasteiger partial charge >= 0.3 is 0 Å². The number of nitrogens with zero attached hydrogens (tertiary/aromatic N) is 4. The maximum Gasteiger partial charge on any atom is 0.278 e. The Bertz CT molecular complexity index is 1300. The summed E-state index contributed by atoms with van der Waals surface area (Å²) in [4.78, 5) is 14.6. The maximum atomic E-state index is 13.1. The number of hydrogen-bond donors (Lipinski definition) is 0. The van der Waals surface area contributed by atoms with Crippen molar-refractivity contribution in [2.24, 2.45) is 0 Å². The molecule has 0 aliphatic carbocycles. The topological polar surface area (TPSA) is 65.8 Å². The van der Waals surface area contributed by atoms with Gasteiger partial charge in [0.2, 0.25) is 0 Å². The molecule has 5 aromatic rings. The van der Waals surface area contributed by atoms with E-state index in [1.54, 1.807) is 10.8 Å². The average Bonchev–Trinajstić information content (AvgIpc) is 3.37. The molecule has 0 bridgehead atoms. The summed E-state index contributed by atoms with van der Waals surface area (Å²) in [6, 6.07) is 19.1. The molecule has 0 saturated heterocycles. The molecule has 0 saturated carbocycles. The van der Waals surface area contributed by atoms with E-state index in [1.165, 1.54) is 4.80 Å². The van der Waals surface area contributed by atoms with Crippen LogP contribution in [-0.4, -0.2) is 19.6 Å². The van der Waals surface area contributed by atoms with Gasteiger partial charge in [0.25, 0.3) is 5.56 Å². The first kappa shape index (κ1) is 15.6. The third-order valence-corrected chi connectivity index (χ3v) is 4.70. The average molecular weight is 356 g/mol. The Morgan fingerprint density at radius 1 is 0.963 bits per heavy atom. The van der Waals surface area contributed by atoms with Gasteiger partial charge in [0.05, 0.1) is 11.8 Å². The smallest absolute Gasteiger partial charge is 0.278 e. The van der Waals surface area contributed by atoms with Crippen molar-refractivity contribution in [3.05, 3.63) is 77.3 Å². The predicted molar refractivity (Wildman–Crippen MR) is 104 cm³/mol. The highest BCUT2D eigenvalue weighted by atomic mass is 16.3. The number of hydrogen-bond acceptors (Lipinski definition) is 4. The van der Waals surface area contributed by atoms with Crippen LogP contribution in [0.1, 0.15) is 6.92 Å². The molecular formula is C21H16N4O2. The Hall–Kier alpha value is -3.67. The third kappa shape index (κ3) is 2.45. The molecule has 0 amide bonds. The van der Waals surface area contributed by atoms with Gasteiger partial charge in [0.15, 0.2) is 5.69 Å². The number of pyridine rings is 1. The molecule has 0 radical (unpaired) electrons. The van der Waals surface area contributed by atoms with Crippen molar-refractivity contribution in [3.8, 4) is 17.0 Å². The van der Waals surface area contributed by atoms with Gasteiger partial charge in [-0.15, -0.1) is 15.0 Å². The highest BCUT2D eigenvalue weighted by Crippen LogP contribution is 2.25. The van der Waals surface area contributed by atoms with E-state index >= 15 is 0 Å². The molecule has 27 heavy (non-hydrogen) atoms. The number of rotatable bonds is 3. The minimum absolute atomic E-state index is 0.123. The van der Waals surface area contributed by atoms with Crippen molar-refractivity contribution in [1.29, 1.82) is 0 Å². The highest BCUT2D eigenvalue weighted by molar-refractivity contribution is 5.85. The summed E-state index contributed by atoms with van der Waals surface area (Å²) < 4.78 is 7.23. The van der Waals surface area contributed by atoms with Crippen molar-refractivity contribution >= 4 is 21.9 Å². The molecule has 0 N–H and O–H groups in total. The summed E-state index contributed by atoms with van der Waals surface area (Å²) in [5, 5.41) is 9.87. The number of fused-ring (bicyclic) bond motifs is 2. The molecule has 0 fully saturated rings. The highest BCUT2D eigenvalue weighted by Gasteiger charge is 2.14. The zero-order valence-corrected chi connectivity index (χ0v) is 14.7. The van der Waals surface area contributed by atoms with Crippen LogP contribution in [0.2, 0.25) is 0 Å². The van der Waals surface area contributed by atoms with Crippen LogP contribution in [-0.2, 0) is 6.54 Å². The first-order chi connectivity index (χ1) is 13.2. The number of aromatic nitrogens is 4. The minimum Gasteiger partial charge on any atom is -0.464 e. The van der Waals surface area contributed by atoms with Crippen LogP contribution in [0.5, 0.6) is 0 Å². The minimum atomic E-state index is -0.123. The van der Waals surface area contributed by atoms with E-state index < -0.39 is 0 Å².